The maximum atomic E-state index is 13.5. The molecule has 30 heavy (non-hydrogen) atoms. The molecule has 0 bridgehead atoms. The van der Waals surface area contributed by atoms with E-state index < -0.39 is 17.5 Å². The quantitative estimate of drug-likeness (QED) is 0.693. The zero-order valence-corrected chi connectivity index (χ0v) is 16.5. The highest BCUT2D eigenvalue weighted by atomic mass is 16.6. The van der Waals surface area contributed by atoms with Crippen LogP contribution in [-0.2, 0) is 12.0 Å². The number of methoxy groups -OCH3 is 1. The average molecular weight is 414 g/mol. The summed E-state index contributed by atoms with van der Waals surface area (Å²) in [6.07, 6.45) is -0.690. The van der Waals surface area contributed by atoms with Crippen molar-refractivity contribution in [2.75, 3.05) is 20.3 Å². The third kappa shape index (κ3) is 2.44. The maximum Gasteiger partial charge on any atom is 0.206 e. The molecule has 5 rings (SSSR count). The van der Waals surface area contributed by atoms with Crippen molar-refractivity contribution >= 4 is 5.78 Å². The van der Waals surface area contributed by atoms with Gasteiger partial charge in [-0.15, -0.1) is 0 Å². The molecule has 2 aromatic carbocycles. The van der Waals surface area contributed by atoms with Crippen molar-refractivity contribution in [3.8, 4) is 28.7 Å². The number of aliphatic hydroxyl groups is 2. The topological polar surface area (TPSA) is 115 Å². The lowest BCUT2D eigenvalue weighted by atomic mass is 9.77. The molecule has 8 nitrogen and oxygen atoms in total. The van der Waals surface area contributed by atoms with Crippen molar-refractivity contribution in [3.05, 3.63) is 41.0 Å². The van der Waals surface area contributed by atoms with E-state index in [9.17, 15) is 20.1 Å². The largest absolute Gasteiger partial charge is 0.504 e. The van der Waals surface area contributed by atoms with E-state index >= 15 is 0 Å². The zero-order valence-electron chi connectivity index (χ0n) is 16.5. The van der Waals surface area contributed by atoms with Crippen molar-refractivity contribution in [1.82, 2.24) is 0 Å². The lowest BCUT2D eigenvalue weighted by Crippen LogP contribution is -2.57. The molecule has 8 heteroatoms. The van der Waals surface area contributed by atoms with Gasteiger partial charge in [0.15, 0.2) is 23.2 Å². The van der Waals surface area contributed by atoms with Gasteiger partial charge in [0.25, 0.3) is 0 Å². The fourth-order valence-corrected chi connectivity index (χ4v) is 4.39. The molecule has 0 fully saturated rings. The Morgan fingerprint density at radius 3 is 2.80 bits per heavy atom. The SMILES string of the molecule is COc1cc2c(cc1O)OC[C@@H]1Oc3c(ccc4c3C[C@H]([C@H](C)CO)O4)C(=O)[C@]21O. The van der Waals surface area contributed by atoms with Gasteiger partial charge in [-0.1, -0.05) is 6.92 Å². The molecule has 0 spiro atoms. The summed E-state index contributed by atoms with van der Waals surface area (Å²) in [7, 11) is 1.38. The number of Topliss-reactive ketones (excluding diaryl/α,β-unsaturated/α-hetero) is 1. The van der Waals surface area contributed by atoms with Gasteiger partial charge in [0.1, 0.15) is 30.0 Å². The minimum Gasteiger partial charge on any atom is -0.504 e. The Kier molecular flexibility index (Phi) is 4.13. The molecule has 0 aromatic heterocycles. The van der Waals surface area contributed by atoms with Crippen LogP contribution >= 0.6 is 0 Å². The van der Waals surface area contributed by atoms with E-state index in [-0.39, 0.29) is 53.6 Å². The normalized spacial score (nSPS) is 26.9. The molecule has 0 saturated carbocycles. The number of phenols is 1. The maximum absolute atomic E-state index is 13.5. The Morgan fingerprint density at radius 2 is 2.07 bits per heavy atom. The highest BCUT2D eigenvalue weighted by molar-refractivity contribution is 6.07. The Balaban J connectivity index is 1.60. The van der Waals surface area contributed by atoms with E-state index in [0.29, 0.717) is 17.9 Å². The van der Waals surface area contributed by atoms with Crippen molar-refractivity contribution in [1.29, 1.82) is 0 Å². The first-order valence-electron chi connectivity index (χ1n) is 9.80. The van der Waals surface area contributed by atoms with Crippen molar-refractivity contribution in [2.45, 2.75) is 31.2 Å². The number of hydrogen-bond acceptors (Lipinski definition) is 8. The molecule has 158 valence electrons. The van der Waals surface area contributed by atoms with Crippen LogP contribution in [0.2, 0.25) is 0 Å². The van der Waals surface area contributed by atoms with E-state index in [1.54, 1.807) is 12.1 Å². The van der Waals surface area contributed by atoms with Crippen molar-refractivity contribution < 1.29 is 39.1 Å². The van der Waals surface area contributed by atoms with Gasteiger partial charge >= 0.3 is 0 Å². The fourth-order valence-electron chi connectivity index (χ4n) is 4.39. The lowest BCUT2D eigenvalue weighted by molar-refractivity contribution is -0.0802. The number of fused-ring (bicyclic) bond motifs is 6. The van der Waals surface area contributed by atoms with Crippen LogP contribution in [0.1, 0.15) is 28.4 Å². The lowest BCUT2D eigenvalue weighted by Gasteiger charge is -2.43. The fraction of sp³-hybridized carbons (Fsp3) is 0.409. The summed E-state index contributed by atoms with van der Waals surface area (Å²) in [6.45, 7) is 1.81. The number of aliphatic hydroxyl groups excluding tert-OH is 1. The second-order valence-electron chi connectivity index (χ2n) is 7.97. The number of phenolic OH excluding ortho intramolecular Hbond substituents is 1. The standard InChI is InChI=1S/C22H22O8/c1-10(8-23)16-5-12-15(29-16)4-3-11-20(12)30-19-9-28-17-7-14(24)18(27-2)6-13(17)22(19,26)21(11)25/h3-4,6-7,10,16,19,23-24,26H,5,8-9H2,1-2H3/t10-,16-,19+,22+/m1/s1. The first-order valence-corrected chi connectivity index (χ1v) is 9.80. The van der Waals surface area contributed by atoms with Crippen LogP contribution < -0.4 is 18.9 Å². The Labute approximate surface area is 172 Å². The number of benzene rings is 2. The number of hydrogen-bond donors (Lipinski definition) is 3. The predicted molar refractivity (Wildman–Crippen MR) is 104 cm³/mol. The number of ketones is 1. The molecule has 2 aromatic rings. The highest BCUT2D eigenvalue weighted by Crippen LogP contribution is 2.51. The summed E-state index contributed by atoms with van der Waals surface area (Å²) in [4.78, 5) is 13.5. The summed E-state index contributed by atoms with van der Waals surface area (Å²) in [6, 6.07) is 6.01. The second-order valence-corrected chi connectivity index (χ2v) is 7.97. The first-order chi connectivity index (χ1) is 14.4. The molecule has 0 amide bonds. The zero-order chi connectivity index (χ0) is 21.2. The van der Waals surface area contributed by atoms with E-state index in [0.717, 1.165) is 5.56 Å². The highest BCUT2D eigenvalue weighted by Gasteiger charge is 2.56. The van der Waals surface area contributed by atoms with E-state index in [1.165, 1.54) is 19.2 Å². The number of aromatic hydroxyl groups is 1. The molecule has 3 N–H and O–H groups in total. The van der Waals surface area contributed by atoms with Crippen LogP contribution in [0.4, 0.5) is 0 Å². The first kappa shape index (κ1) is 19.0. The summed E-state index contributed by atoms with van der Waals surface area (Å²) in [5.74, 6) is 0.587. The molecule has 0 saturated heterocycles. The van der Waals surface area contributed by atoms with Gasteiger partial charge in [-0.05, 0) is 18.2 Å². The van der Waals surface area contributed by atoms with Crippen molar-refractivity contribution in [3.63, 3.8) is 0 Å². The van der Waals surface area contributed by atoms with Gasteiger partial charge in [-0.3, -0.25) is 4.79 Å². The molecule has 0 aliphatic carbocycles. The molecule has 3 heterocycles. The van der Waals surface area contributed by atoms with Gasteiger partial charge in [0, 0.05) is 36.1 Å². The molecule has 3 aliphatic heterocycles. The Morgan fingerprint density at radius 1 is 1.27 bits per heavy atom. The van der Waals surface area contributed by atoms with Gasteiger partial charge in [-0.25, -0.2) is 0 Å². The second kappa shape index (κ2) is 6.52. The molecule has 0 unspecified atom stereocenters. The summed E-state index contributed by atoms with van der Waals surface area (Å²) < 4.78 is 22.9. The third-order valence-electron chi connectivity index (χ3n) is 6.22. The summed E-state index contributed by atoms with van der Waals surface area (Å²) >= 11 is 0. The predicted octanol–water partition coefficient (Wildman–Crippen LogP) is 1.56. The smallest absolute Gasteiger partial charge is 0.206 e. The van der Waals surface area contributed by atoms with Gasteiger partial charge < -0.3 is 34.3 Å². The summed E-state index contributed by atoms with van der Waals surface area (Å²) in [5, 5.41) is 31.0. The third-order valence-corrected chi connectivity index (χ3v) is 6.22. The number of rotatable bonds is 3. The van der Waals surface area contributed by atoms with Gasteiger partial charge in [0.2, 0.25) is 5.78 Å². The van der Waals surface area contributed by atoms with Crippen LogP contribution in [0.25, 0.3) is 0 Å². The number of carbonyl (C=O) groups is 1. The number of ether oxygens (including phenoxy) is 4. The Bertz CT molecular complexity index is 1050. The minimum absolute atomic E-state index is 0.0116. The van der Waals surface area contributed by atoms with Gasteiger partial charge in [-0.2, -0.15) is 0 Å². The van der Waals surface area contributed by atoms with Crippen LogP contribution in [0.15, 0.2) is 24.3 Å². The molecule has 0 radical (unpaired) electrons. The minimum atomic E-state index is -1.98. The van der Waals surface area contributed by atoms with Gasteiger partial charge in [0.05, 0.1) is 12.7 Å². The van der Waals surface area contributed by atoms with E-state index in [2.05, 4.69) is 0 Å². The average Bonchev–Trinajstić information content (AvgIpc) is 3.19. The van der Waals surface area contributed by atoms with Crippen LogP contribution in [0.5, 0.6) is 28.7 Å². The monoisotopic (exact) mass is 414 g/mol. The van der Waals surface area contributed by atoms with Crippen molar-refractivity contribution in [2.24, 2.45) is 5.92 Å². The van der Waals surface area contributed by atoms with Crippen LogP contribution in [0.3, 0.4) is 0 Å². The molecule has 3 aliphatic rings. The van der Waals surface area contributed by atoms with Crippen LogP contribution in [0, 0.1) is 5.92 Å². The van der Waals surface area contributed by atoms with Crippen LogP contribution in [-0.4, -0.2) is 53.6 Å². The van der Waals surface area contributed by atoms with E-state index in [1.807, 2.05) is 6.92 Å². The number of carbonyl (C=O) groups excluding carboxylic acids is 1. The summed E-state index contributed by atoms with van der Waals surface area (Å²) in [5.41, 5.74) is -0.782. The molecular formula is C22H22O8. The molecule has 4 atom stereocenters. The Hall–Kier alpha value is -2.97. The van der Waals surface area contributed by atoms with E-state index in [4.69, 9.17) is 18.9 Å². The molecular weight excluding hydrogens is 392 g/mol.